The van der Waals surface area contributed by atoms with Gasteiger partial charge in [0.15, 0.2) is 0 Å². The average molecular weight is 236 g/mol. The van der Waals surface area contributed by atoms with E-state index in [2.05, 4.69) is 48.5 Å². The van der Waals surface area contributed by atoms with Crippen molar-refractivity contribution in [3.05, 3.63) is 29.8 Å². The molecule has 0 aromatic heterocycles. The first-order chi connectivity index (χ1) is 8.00. The molecule has 3 heteroatoms. The van der Waals surface area contributed by atoms with Crippen LogP contribution in [0.3, 0.4) is 0 Å². The quantitative estimate of drug-likeness (QED) is 0.790. The first kappa shape index (κ1) is 14.0. The molecule has 0 aliphatic heterocycles. The maximum absolute atomic E-state index is 9.32. The van der Waals surface area contributed by atoms with Crippen LogP contribution in [0.25, 0.3) is 0 Å². The van der Waals surface area contributed by atoms with Crippen molar-refractivity contribution in [2.45, 2.75) is 25.8 Å². The lowest BCUT2D eigenvalue weighted by Crippen LogP contribution is -2.45. The van der Waals surface area contributed by atoms with Crippen LogP contribution >= 0.6 is 0 Å². The number of aliphatic hydroxyl groups excluding tert-OH is 1. The zero-order valence-corrected chi connectivity index (χ0v) is 11.3. The number of anilines is 1. The molecule has 2 N–H and O–H groups in total. The summed E-state index contributed by atoms with van der Waals surface area (Å²) in [4.78, 5) is 2.21. The Bertz CT molecular complexity index is 331. The molecule has 1 aromatic carbocycles. The SMILES string of the molecule is CNC(C)(CO)CCN(C)c1ccc(C)cc1. The molecule has 0 fully saturated rings. The lowest BCUT2D eigenvalue weighted by molar-refractivity contribution is 0.175. The van der Waals surface area contributed by atoms with Crippen LogP contribution in [0.2, 0.25) is 0 Å². The number of benzene rings is 1. The van der Waals surface area contributed by atoms with Gasteiger partial charge in [0.25, 0.3) is 0 Å². The lowest BCUT2D eigenvalue weighted by Gasteiger charge is -2.30. The molecule has 1 rings (SSSR count). The monoisotopic (exact) mass is 236 g/mol. The highest BCUT2D eigenvalue weighted by Gasteiger charge is 2.20. The fourth-order valence-electron chi connectivity index (χ4n) is 1.63. The average Bonchev–Trinajstić information content (AvgIpc) is 2.36. The molecule has 1 unspecified atom stereocenters. The van der Waals surface area contributed by atoms with Crippen molar-refractivity contribution in [2.24, 2.45) is 0 Å². The second kappa shape index (κ2) is 6.03. The van der Waals surface area contributed by atoms with Gasteiger partial charge in [-0.25, -0.2) is 0 Å². The van der Waals surface area contributed by atoms with Gasteiger partial charge >= 0.3 is 0 Å². The molecule has 0 spiro atoms. The summed E-state index contributed by atoms with van der Waals surface area (Å²) in [7, 11) is 3.97. The van der Waals surface area contributed by atoms with Gasteiger partial charge in [-0.05, 0) is 39.4 Å². The summed E-state index contributed by atoms with van der Waals surface area (Å²) in [6.07, 6.45) is 0.907. The van der Waals surface area contributed by atoms with Gasteiger partial charge in [0.2, 0.25) is 0 Å². The smallest absolute Gasteiger partial charge is 0.0611 e. The number of rotatable bonds is 6. The molecule has 0 aliphatic carbocycles. The van der Waals surface area contributed by atoms with Crippen molar-refractivity contribution in [1.29, 1.82) is 0 Å². The van der Waals surface area contributed by atoms with Gasteiger partial charge in [0.1, 0.15) is 0 Å². The molecule has 3 nitrogen and oxygen atoms in total. The normalized spacial score (nSPS) is 14.4. The minimum atomic E-state index is -0.195. The van der Waals surface area contributed by atoms with E-state index in [9.17, 15) is 5.11 Å². The minimum Gasteiger partial charge on any atom is -0.394 e. The van der Waals surface area contributed by atoms with Crippen molar-refractivity contribution >= 4 is 5.69 Å². The van der Waals surface area contributed by atoms with Gasteiger partial charge in [0.05, 0.1) is 6.61 Å². The Morgan fingerprint density at radius 2 is 1.88 bits per heavy atom. The second-order valence-corrected chi connectivity index (χ2v) is 4.98. The highest BCUT2D eigenvalue weighted by atomic mass is 16.3. The molecule has 96 valence electrons. The van der Waals surface area contributed by atoms with Crippen molar-refractivity contribution in [3.8, 4) is 0 Å². The molecule has 1 atom stereocenters. The highest BCUT2D eigenvalue weighted by Crippen LogP contribution is 2.16. The van der Waals surface area contributed by atoms with E-state index in [-0.39, 0.29) is 12.1 Å². The lowest BCUT2D eigenvalue weighted by atomic mass is 9.99. The Morgan fingerprint density at radius 3 is 2.35 bits per heavy atom. The molecule has 0 radical (unpaired) electrons. The second-order valence-electron chi connectivity index (χ2n) is 4.98. The van der Waals surface area contributed by atoms with Crippen LogP contribution in [0, 0.1) is 6.92 Å². The number of nitrogens with one attached hydrogen (secondary N) is 1. The van der Waals surface area contributed by atoms with Gasteiger partial charge in [-0.1, -0.05) is 17.7 Å². The van der Waals surface area contributed by atoms with Gasteiger partial charge in [0, 0.05) is 24.8 Å². The fraction of sp³-hybridized carbons (Fsp3) is 0.571. The maximum atomic E-state index is 9.32. The van der Waals surface area contributed by atoms with Crippen LogP contribution in [-0.2, 0) is 0 Å². The number of hydrogen-bond acceptors (Lipinski definition) is 3. The van der Waals surface area contributed by atoms with Crippen LogP contribution in [0.4, 0.5) is 5.69 Å². The van der Waals surface area contributed by atoms with E-state index >= 15 is 0 Å². The molecular formula is C14H24N2O. The molecule has 17 heavy (non-hydrogen) atoms. The summed E-state index contributed by atoms with van der Waals surface area (Å²) < 4.78 is 0. The molecular weight excluding hydrogens is 212 g/mol. The van der Waals surface area contributed by atoms with Gasteiger partial charge in [-0.3, -0.25) is 0 Å². The van der Waals surface area contributed by atoms with Crippen LogP contribution in [0.5, 0.6) is 0 Å². The van der Waals surface area contributed by atoms with Crippen molar-refractivity contribution in [2.75, 3.05) is 32.1 Å². The van der Waals surface area contributed by atoms with Gasteiger partial charge in [-0.2, -0.15) is 0 Å². The van der Waals surface area contributed by atoms with E-state index in [1.807, 2.05) is 14.0 Å². The molecule has 0 saturated carbocycles. The zero-order chi connectivity index (χ0) is 12.9. The number of likely N-dealkylation sites (N-methyl/N-ethyl adjacent to an activating group) is 1. The van der Waals surface area contributed by atoms with E-state index in [0.29, 0.717) is 0 Å². The Hall–Kier alpha value is -1.06. The van der Waals surface area contributed by atoms with Crippen LogP contribution in [-0.4, -0.2) is 37.9 Å². The largest absolute Gasteiger partial charge is 0.394 e. The van der Waals surface area contributed by atoms with E-state index in [1.54, 1.807) is 0 Å². The summed E-state index contributed by atoms with van der Waals surface area (Å²) in [5.74, 6) is 0. The predicted molar refractivity (Wildman–Crippen MR) is 73.6 cm³/mol. The first-order valence-corrected chi connectivity index (χ1v) is 6.08. The Balaban J connectivity index is 2.55. The Labute approximate surface area is 104 Å². The topological polar surface area (TPSA) is 35.5 Å². The molecule has 0 bridgehead atoms. The molecule has 1 aromatic rings. The first-order valence-electron chi connectivity index (χ1n) is 6.08. The summed E-state index contributed by atoms with van der Waals surface area (Å²) in [5.41, 5.74) is 2.29. The number of aryl methyl sites for hydroxylation is 1. The third-order valence-corrected chi connectivity index (χ3v) is 3.43. The summed E-state index contributed by atoms with van der Waals surface area (Å²) in [5, 5.41) is 12.5. The third-order valence-electron chi connectivity index (χ3n) is 3.43. The third kappa shape index (κ3) is 4.02. The number of nitrogens with zero attached hydrogens (tertiary/aromatic N) is 1. The van der Waals surface area contributed by atoms with E-state index < -0.39 is 0 Å². The standard InChI is InChI=1S/C14H24N2O/c1-12-5-7-13(8-6-12)16(4)10-9-14(2,11-17)15-3/h5-8,15,17H,9-11H2,1-4H3. The van der Waals surface area contributed by atoms with Crippen molar-refractivity contribution < 1.29 is 5.11 Å². The minimum absolute atomic E-state index is 0.158. The summed E-state index contributed by atoms with van der Waals surface area (Å²) in [6, 6.07) is 8.50. The van der Waals surface area contributed by atoms with Crippen molar-refractivity contribution in [3.63, 3.8) is 0 Å². The van der Waals surface area contributed by atoms with Crippen LogP contribution in [0.15, 0.2) is 24.3 Å². The molecule has 0 amide bonds. The Morgan fingerprint density at radius 1 is 1.29 bits per heavy atom. The van der Waals surface area contributed by atoms with Gasteiger partial charge < -0.3 is 15.3 Å². The van der Waals surface area contributed by atoms with E-state index in [4.69, 9.17) is 0 Å². The zero-order valence-electron chi connectivity index (χ0n) is 11.3. The molecule has 0 heterocycles. The highest BCUT2D eigenvalue weighted by molar-refractivity contribution is 5.46. The molecule has 0 saturated heterocycles. The number of aliphatic hydroxyl groups is 1. The Kier molecular flexibility index (Phi) is 4.97. The maximum Gasteiger partial charge on any atom is 0.0611 e. The van der Waals surface area contributed by atoms with Crippen LogP contribution in [0.1, 0.15) is 18.9 Å². The van der Waals surface area contributed by atoms with E-state index in [0.717, 1.165) is 13.0 Å². The van der Waals surface area contributed by atoms with Crippen molar-refractivity contribution in [1.82, 2.24) is 5.32 Å². The van der Waals surface area contributed by atoms with Crippen LogP contribution < -0.4 is 10.2 Å². The summed E-state index contributed by atoms with van der Waals surface area (Å²) >= 11 is 0. The van der Waals surface area contributed by atoms with Gasteiger partial charge in [-0.15, -0.1) is 0 Å². The molecule has 0 aliphatic rings. The number of hydrogen-bond donors (Lipinski definition) is 2. The van der Waals surface area contributed by atoms with E-state index in [1.165, 1.54) is 11.3 Å². The predicted octanol–water partition coefficient (Wildman–Crippen LogP) is 1.79. The summed E-state index contributed by atoms with van der Waals surface area (Å²) in [6.45, 7) is 5.20. The fourth-order valence-corrected chi connectivity index (χ4v) is 1.63.